The van der Waals surface area contributed by atoms with Gasteiger partial charge in [-0.25, -0.2) is 4.79 Å². The molecule has 1 saturated heterocycles. The lowest BCUT2D eigenvalue weighted by Gasteiger charge is -2.35. The smallest absolute Gasteiger partial charge is 0.346 e. The van der Waals surface area contributed by atoms with Gasteiger partial charge >= 0.3 is 5.97 Å². The zero-order valence-electron chi connectivity index (χ0n) is 16.5. The first-order valence-corrected chi connectivity index (χ1v) is 10.7. The van der Waals surface area contributed by atoms with E-state index in [9.17, 15) is 9.59 Å². The number of thioether (sulfide) groups is 1. The highest BCUT2D eigenvalue weighted by Gasteiger charge is 2.28. The lowest BCUT2D eigenvalue weighted by molar-refractivity contribution is -0.137. The monoisotopic (exact) mass is 383 g/mol. The summed E-state index contributed by atoms with van der Waals surface area (Å²) in [5, 5.41) is 6.17. The molecule has 1 fully saturated rings. The van der Waals surface area contributed by atoms with Crippen LogP contribution in [0.1, 0.15) is 40.5 Å². The maximum atomic E-state index is 12.4. The van der Waals surface area contributed by atoms with Gasteiger partial charge in [-0.15, -0.1) is 11.8 Å². The highest BCUT2D eigenvalue weighted by Crippen LogP contribution is 2.26. The van der Waals surface area contributed by atoms with E-state index in [1.54, 1.807) is 6.92 Å². The van der Waals surface area contributed by atoms with Crippen molar-refractivity contribution in [3.05, 3.63) is 10.6 Å². The Morgan fingerprint density at radius 2 is 2.00 bits per heavy atom. The van der Waals surface area contributed by atoms with Gasteiger partial charge in [0.2, 0.25) is 5.91 Å². The van der Waals surface area contributed by atoms with Gasteiger partial charge in [-0.3, -0.25) is 4.79 Å². The van der Waals surface area contributed by atoms with E-state index >= 15 is 0 Å². The number of likely N-dealkylation sites (tertiary alicyclic amines) is 1. The molecule has 26 heavy (non-hydrogen) atoms. The van der Waals surface area contributed by atoms with Crippen molar-refractivity contribution in [2.45, 2.75) is 46.6 Å². The van der Waals surface area contributed by atoms with Gasteiger partial charge in [0.25, 0.3) is 0 Å². The van der Waals surface area contributed by atoms with Crippen LogP contribution in [0.3, 0.4) is 0 Å². The molecule has 0 radical (unpaired) electrons. The maximum absolute atomic E-state index is 12.4. The summed E-state index contributed by atoms with van der Waals surface area (Å²) in [7, 11) is 0. The molecule has 7 heteroatoms. The summed E-state index contributed by atoms with van der Waals surface area (Å²) in [6, 6.07) is -0.298. The van der Waals surface area contributed by atoms with Crippen LogP contribution in [0.5, 0.6) is 0 Å². The Morgan fingerprint density at radius 3 is 2.62 bits per heavy atom. The molecule has 148 valence electrons. The molecule has 2 aliphatic heterocycles. The molecule has 0 unspecified atom stereocenters. The second-order valence-corrected chi connectivity index (χ2v) is 8.56. The Bertz CT molecular complexity index is 528. The van der Waals surface area contributed by atoms with E-state index in [2.05, 4.69) is 29.4 Å². The number of nitrogens with one attached hydrogen (secondary N) is 2. The highest BCUT2D eigenvalue weighted by atomic mass is 32.2. The molecule has 3 atom stereocenters. The van der Waals surface area contributed by atoms with Crippen LogP contribution in [-0.4, -0.2) is 61.4 Å². The molecule has 0 aromatic heterocycles. The second kappa shape index (κ2) is 10.2. The van der Waals surface area contributed by atoms with Crippen molar-refractivity contribution in [1.82, 2.24) is 15.5 Å². The minimum Gasteiger partial charge on any atom is -0.462 e. The zero-order valence-corrected chi connectivity index (χ0v) is 17.3. The van der Waals surface area contributed by atoms with Crippen LogP contribution >= 0.6 is 11.8 Å². The Kier molecular flexibility index (Phi) is 8.28. The molecule has 6 nitrogen and oxygen atoms in total. The first kappa shape index (κ1) is 21.1. The SMILES string of the molecule is CCOC(=O)C1=C(C)N[C@@H](C(=O)NCCCN2C[C@H](C)C[C@H](C)C2)CS1. The standard InChI is InChI=1S/C19H33N3O3S/c1-5-25-19(24)17-15(4)21-16(12-26-17)18(23)20-7-6-8-22-10-13(2)9-14(3)11-22/h13-14,16,21H,5-12H2,1-4H3,(H,20,23)/t13-,14+,16-/m1/s1. The number of hydrogen-bond acceptors (Lipinski definition) is 6. The van der Waals surface area contributed by atoms with E-state index in [1.807, 2.05) is 6.92 Å². The summed E-state index contributed by atoms with van der Waals surface area (Å²) in [6.07, 6.45) is 2.28. The first-order valence-electron chi connectivity index (χ1n) is 9.68. The fraction of sp³-hybridized carbons (Fsp3) is 0.789. The number of rotatable bonds is 7. The molecule has 2 rings (SSSR count). The minimum absolute atomic E-state index is 0.000129. The van der Waals surface area contributed by atoms with Gasteiger partial charge in [-0.1, -0.05) is 13.8 Å². The molecule has 0 aromatic carbocycles. The van der Waals surface area contributed by atoms with Gasteiger partial charge in [-0.05, 0) is 45.1 Å². The van der Waals surface area contributed by atoms with Crippen molar-refractivity contribution >= 4 is 23.6 Å². The van der Waals surface area contributed by atoms with Crippen LogP contribution in [0, 0.1) is 11.8 Å². The van der Waals surface area contributed by atoms with E-state index in [-0.39, 0.29) is 17.9 Å². The molecule has 0 bridgehead atoms. The average Bonchev–Trinajstić information content (AvgIpc) is 2.57. The van der Waals surface area contributed by atoms with Crippen LogP contribution in [0.2, 0.25) is 0 Å². The average molecular weight is 384 g/mol. The third-order valence-electron chi connectivity index (χ3n) is 4.80. The van der Waals surface area contributed by atoms with Gasteiger partial charge in [0.1, 0.15) is 10.9 Å². The van der Waals surface area contributed by atoms with Crippen molar-refractivity contribution in [3.8, 4) is 0 Å². The molecule has 1 amide bonds. The highest BCUT2D eigenvalue weighted by molar-refractivity contribution is 8.04. The Morgan fingerprint density at radius 1 is 1.31 bits per heavy atom. The molecule has 0 spiro atoms. The number of allylic oxidation sites excluding steroid dienone is 1. The largest absolute Gasteiger partial charge is 0.462 e. The van der Waals surface area contributed by atoms with Gasteiger partial charge < -0.3 is 20.3 Å². The van der Waals surface area contributed by atoms with Crippen LogP contribution in [-0.2, 0) is 14.3 Å². The first-order chi connectivity index (χ1) is 12.4. The number of ether oxygens (including phenoxy) is 1. The summed E-state index contributed by atoms with van der Waals surface area (Å²) >= 11 is 1.39. The summed E-state index contributed by atoms with van der Waals surface area (Å²) < 4.78 is 5.04. The summed E-state index contributed by atoms with van der Waals surface area (Å²) in [4.78, 5) is 27.3. The summed E-state index contributed by atoms with van der Waals surface area (Å²) in [5.74, 6) is 1.75. The van der Waals surface area contributed by atoms with E-state index < -0.39 is 0 Å². The fourth-order valence-electron chi connectivity index (χ4n) is 3.81. The van der Waals surface area contributed by atoms with E-state index in [0.29, 0.717) is 23.8 Å². The second-order valence-electron chi connectivity index (χ2n) is 7.53. The molecule has 2 N–H and O–H groups in total. The third-order valence-corrected chi connectivity index (χ3v) is 6.06. The Hall–Kier alpha value is -1.21. The molecular formula is C19H33N3O3S. The van der Waals surface area contributed by atoms with E-state index in [1.165, 1.54) is 31.3 Å². The third kappa shape index (κ3) is 6.20. The predicted octanol–water partition coefficient (Wildman–Crippen LogP) is 1.97. The van der Waals surface area contributed by atoms with Gasteiger partial charge in [-0.2, -0.15) is 0 Å². The molecule has 2 heterocycles. The summed E-state index contributed by atoms with van der Waals surface area (Å²) in [5.41, 5.74) is 0.719. The number of nitrogens with zero attached hydrogens (tertiary/aromatic N) is 1. The van der Waals surface area contributed by atoms with Crippen LogP contribution in [0.25, 0.3) is 0 Å². The number of esters is 1. The van der Waals surface area contributed by atoms with E-state index in [4.69, 9.17) is 4.74 Å². The molecule has 2 aliphatic rings. The van der Waals surface area contributed by atoms with Crippen LogP contribution in [0.15, 0.2) is 10.6 Å². The normalized spacial score (nSPS) is 27.0. The van der Waals surface area contributed by atoms with Crippen LogP contribution < -0.4 is 10.6 Å². The minimum atomic E-state index is -0.314. The topological polar surface area (TPSA) is 70.7 Å². The Balaban J connectivity index is 1.70. The predicted molar refractivity (Wildman–Crippen MR) is 106 cm³/mol. The van der Waals surface area contributed by atoms with Crippen molar-refractivity contribution < 1.29 is 14.3 Å². The van der Waals surface area contributed by atoms with Crippen molar-refractivity contribution in [3.63, 3.8) is 0 Å². The van der Waals surface area contributed by atoms with Crippen molar-refractivity contribution in [2.75, 3.05) is 38.5 Å². The maximum Gasteiger partial charge on any atom is 0.346 e. The number of carbonyl (C=O) groups is 2. The summed E-state index contributed by atoms with van der Waals surface area (Å²) in [6.45, 7) is 12.7. The molecule has 0 aliphatic carbocycles. The number of hydrogen-bond donors (Lipinski definition) is 2. The molecule has 0 saturated carbocycles. The number of amides is 1. The van der Waals surface area contributed by atoms with Gasteiger partial charge in [0.15, 0.2) is 0 Å². The Labute approximate surface area is 161 Å². The lowest BCUT2D eigenvalue weighted by atomic mass is 9.92. The molecule has 0 aromatic rings. The van der Waals surface area contributed by atoms with Crippen LogP contribution in [0.4, 0.5) is 0 Å². The molecular weight excluding hydrogens is 350 g/mol. The van der Waals surface area contributed by atoms with Gasteiger partial charge in [0, 0.05) is 31.1 Å². The quantitative estimate of drug-likeness (QED) is 0.517. The number of carbonyl (C=O) groups excluding carboxylic acids is 2. The van der Waals surface area contributed by atoms with E-state index in [0.717, 1.165) is 30.5 Å². The van der Waals surface area contributed by atoms with Crippen molar-refractivity contribution in [2.24, 2.45) is 11.8 Å². The van der Waals surface area contributed by atoms with Crippen molar-refractivity contribution in [1.29, 1.82) is 0 Å². The fourth-order valence-corrected chi connectivity index (χ4v) is 4.83. The van der Waals surface area contributed by atoms with Gasteiger partial charge in [0.05, 0.1) is 6.61 Å². The zero-order chi connectivity index (χ0) is 19.1. The lowest BCUT2D eigenvalue weighted by Crippen LogP contribution is -2.48. The number of piperidine rings is 1.